The van der Waals surface area contributed by atoms with E-state index in [1.54, 1.807) is 0 Å². The van der Waals surface area contributed by atoms with Gasteiger partial charge in [-0.25, -0.2) is 8.78 Å². The molecule has 1 aliphatic carbocycles. The van der Waals surface area contributed by atoms with Gasteiger partial charge < -0.3 is 9.47 Å². The normalized spacial score (nSPS) is 24.6. The summed E-state index contributed by atoms with van der Waals surface area (Å²) in [6.45, 7) is 2.18. The molecule has 6 heteroatoms. The van der Waals surface area contributed by atoms with Gasteiger partial charge in [-0.2, -0.15) is 0 Å². The number of fused-ring (bicyclic) bond motifs is 1. The molecule has 0 saturated heterocycles. The lowest BCUT2D eigenvalue weighted by molar-refractivity contribution is -0.286. The molecule has 27 heavy (non-hydrogen) atoms. The zero-order valence-electron chi connectivity index (χ0n) is 15.6. The van der Waals surface area contributed by atoms with E-state index >= 15 is 0 Å². The Bertz CT molecular complexity index is 679. The fourth-order valence-corrected chi connectivity index (χ4v) is 3.97. The first-order valence-electron chi connectivity index (χ1n) is 9.85. The van der Waals surface area contributed by atoms with E-state index in [0.717, 1.165) is 25.3 Å². The van der Waals surface area contributed by atoms with Gasteiger partial charge in [0.15, 0.2) is 17.3 Å². The van der Waals surface area contributed by atoms with Crippen LogP contribution in [0.4, 0.5) is 17.6 Å². The second kappa shape index (κ2) is 8.53. The molecular weight excluding hydrogens is 360 g/mol. The number of allylic oxidation sites excluding steroid dienone is 1. The average molecular weight is 386 g/mol. The Morgan fingerprint density at radius 2 is 1.70 bits per heavy atom. The van der Waals surface area contributed by atoms with Crippen molar-refractivity contribution in [3.63, 3.8) is 0 Å². The fraction of sp³-hybridized carbons (Fsp3) is 0.619. The molecule has 0 aromatic heterocycles. The van der Waals surface area contributed by atoms with Gasteiger partial charge in [0.05, 0.1) is 0 Å². The Hall–Kier alpha value is -1.72. The van der Waals surface area contributed by atoms with Crippen LogP contribution in [0.25, 0.3) is 5.83 Å². The molecule has 1 heterocycles. The van der Waals surface area contributed by atoms with E-state index in [9.17, 15) is 17.6 Å². The van der Waals surface area contributed by atoms with Gasteiger partial charge in [-0.1, -0.05) is 39.0 Å². The van der Waals surface area contributed by atoms with Gasteiger partial charge in [-0.05, 0) is 49.8 Å². The summed E-state index contributed by atoms with van der Waals surface area (Å²) >= 11 is 0. The second-order valence-electron chi connectivity index (χ2n) is 7.56. The molecule has 0 bridgehead atoms. The molecule has 1 aromatic carbocycles. The van der Waals surface area contributed by atoms with Gasteiger partial charge in [0.1, 0.15) is 5.83 Å². The summed E-state index contributed by atoms with van der Waals surface area (Å²) < 4.78 is 63.9. The molecule has 2 aliphatic rings. The number of alkyl halides is 2. The number of ether oxygens (including phenoxy) is 2. The number of unbranched alkanes of at least 4 members (excludes halogenated alkanes) is 3. The molecule has 2 nitrogen and oxygen atoms in total. The van der Waals surface area contributed by atoms with E-state index in [2.05, 4.69) is 16.4 Å². The Kier molecular flexibility index (Phi) is 6.33. The van der Waals surface area contributed by atoms with E-state index < -0.39 is 23.9 Å². The molecule has 0 unspecified atom stereocenters. The molecule has 0 spiro atoms. The minimum Gasteiger partial charge on any atom is -0.395 e. The number of hydrogen-bond donors (Lipinski definition) is 0. The van der Waals surface area contributed by atoms with E-state index in [0.29, 0.717) is 18.8 Å². The molecule has 1 fully saturated rings. The topological polar surface area (TPSA) is 18.5 Å². The summed E-state index contributed by atoms with van der Waals surface area (Å²) in [5, 5.41) is 0. The van der Waals surface area contributed by atoms with Crippen LogP contribution >= 0.6 is 0 Å². The van der Waals surface area contributed by atoms with Crippen LogP contribution in [0, 0.1) is 11.8 Å². The second-order valence-corrected chi connectivity index (χ2v) is 7.56. The van der Waals surface area contributed by atoms with Gasteiger partial charge in [0.2, 0.25) is 0 Å². The largest absolute Gasteiger partial charge is 0.586 e. The van der Waals surface area contributed by atoms with Crippen molar-refractivity contribution < 1.29 is 27.0 Å². The monoisotopic (exact) mass is 386 g/mol. The summed E-state index contributed by atoms with van der Waals surface area (Å²) in [7, 11) is 0. The van der Waals surface area contributed by atoms with Crippen LogP contribution in [0.1, 0.15) is 70.3 Å². The van der Waals surface area contributed by atoms with Crippen LogP contribution in [-0.4, -0.2) is 6.29 Å². The Morgan fingerprint density at radius 3 is 2.41 bits per heavy atom. The molecule has 150 valence electrons. The van der Waals surface area contributed by atoms with Crippen molar-refractivity contribution in [3.05, 3.63) is 29.6 Å². The quantitative estimate of drug-likeness (QED) is 0.359. The highest BCUT2D eigenvalue weighted by Gasteiger charge is 2.43. The van der Waals surface area contributed by atoms with Crippen LogP contribution in [0.3, 0.4) is 0 Å². The van der Waals surface area contributed by atoms with E-state index in [4.69, 9.17) is 0 Å². The van der Waals surface area contributed by atoms with Crippen LogP contribution in [0.5, 0.6) is 11.5 Å². The minimum atomic E-state index is -3.77. The Balaban J connectivity index is 1.59. The lowest BCUT2D eigenvalue weighted by atomic mass is 9.79. The molecule has 0 amide bonds. The molecule has 0 N–H and O–H groups in total. The minimum absolute atomic E-state index is 0.103. The first-order chi connectivity index (χ1) is 12.9. The predicted molar refractivity (Wildman–Crippen MR) is 96.0 cm³/mol. The number of hydrogen-bond acceptors (Lipinski definition) is 2. The van der Waals surface area contributed by atoms with Crippen LogP contribution < -0.4 is 9.47 Å². The molecule has 0 atom stereocenters. The van der Waals surface area contributed by atoms with Gasteiger partial charge in [-0.3, -0.25) is 0 Å². The fourth-order valence-electron chi connectivity index (χ4n) is 3.97. The summed E-state index contributed by atoms with van der Waals surface area (Å²) in [5.74, 6) is -2.09. The van der Waals surface area contributed by atoms with Crippen molar-refractivity contribution in [2.45, 2.75) is 71.0 Å². The highest BCUT2D eigenvalue weighted by molar-refractivity contribution is 5.65. The molecule has 1 aliphatic heterocycles. The van der Waals surface area contributed by atoms with Gasteiger partial charge in [0, 0.05) is 11.5 Å². The van der Waals surface area contributed by atoms with Crippen molar-refractivity contribution in [1.82, 2.24) is 0 Å². The maximum atomic E-state index is 14.6. The summed E-state index contributed by atoms with van der Waals surface area (Å²) in [6, 6.07) is 3.47. The maximum absolute atomic E-state index is 14.6. The van der Waals surface area contributed by atoms with Gasteiger partial charge in [0.25, 0.3) is 0 Å². The Labute approximate surface area is 157 Å². The molecule has 0 radical (unpaired) electrons. The number of benzene rings is 1. The smallest absolute Gasteiger partial charge is 0.395 e. The van der Waals surface area contributed by atoms with Crippen LogP contribution in [0.2, 0.25) is 0 Å². The van der Waals surface area contributed by atoms with E-state index in [1.165, 1.54) is 37.8 Å². The summed E-state index contributed by atoms with van der Waals surface area (Å²) in [5.41, 5.74) is -0.103. The van der Waals surface area contributed by atoms with Crippen molar-refractivity contribution >= 4 is 5.83 Å². The number of rotatable bonds is 7. The van der Waals surface area contributed by atoms with Gasteiger partial charge in [-0.15, -0.1) is 8.78 Å². The van der Waals surface area contributed by atoms with Crippen molar-refractivity contribution in [3.8, 4) is 11.5 Å². The van der Waals surface area contributed by atoms with Crippen LogP contribution in [-0.2, 0) is 0 Å². The summed E-state index contributed by atoms with van der Waals surface area (Å²) in [6.07, 6.45) is 5.36. The highest BCUT2D eigenvalue weighted by Crippen LogP contribution is 2.44. The molecule has 3 rings (SSSR count). The third kappa shape index (κ3) is 4.96. The SMILES string of the molecule is CCCCCCC1CCC(/C(F)=C(\F)c2ccc3c(c2)OC(F)(F)O3)CC1. The van der Waals surface area contributed by atoms with Gasteiger partial charge >= 0.3 is 6.29 Å². The first-order valence-corrected chi connectivity index (χ1v) is 9.85. The predicted octanol–water partition coefficient (Wildman–Crippen LogP) is 7.39. The first kappa shape index (κ1) is 20.0. The molecule has 1 aromatic rings. The lowest BCUT2D eigenvalue weighted by Gasteiger charge is -2.27. The van der Waals surface area contributed by atoms with Crippen molar-refractivity contribution in [1.29, 1.82) is 0 Å². The van der Waals surface area contributed by atoms with E-state index in [-0.39, 0.29) is 17.1 Å². The summed E-state index contributed by atoms with van der Waals surface area (Å²) in [4.78, 5) is 0. The zero-order valence-corrected chi connectivity index (χ0v) is 15.6. The van der Waals surface area contributed by atoms with Crippen molar-refractivity contribution in [2.75, 3.05) is 0 Å². The third-order valence-corrected chi connectivity index (χ3v) is 5.54. The molecule has 1 saturated carbocycles. The van der Waals surface area contributed by atoms with Crippen molar-refractivity contribution in [2.24, 2.45) is 11.8 Å². The average Bonchev–Trinajstić information content (AvgIpc) is 2.97. The standard InChI is InChI=1S/C21H26F4O2/c1-2-3-4-5-6-14-7-9-15(10-8-14)19(22)20(23)16-11-12-17-18(13-16)27-21(24,25)26-17/h11-15H,2-10H2,1H3/b20-19+. The molecular formula is C21H26F4O2. The Morgan fingerprint density at radius 1 is 1.00 bits per heavy atom. The highest BCUT2D eigenvalue weighted by atomic mass is 19.3. The van der Waals surface area contributed by atoms with E-state index in [1.807, 2.05) is 0 Å². The lowest BCUT2D eigenvalue weighted by Crippen LogP contribution is -2.25. The zero-order chi connectivity index (χ0) is 19.4. The van der Waals surface area contributed by atoms with Crippen LogP contribution in [0.15, 0.2) is 24.0 Å². The number of halogens is 4. The maximum Gasteiger partial charge on any atom is 0.586 e. The third-order valence-electron chi connectivity index (χ3n) is 5.54.